The van der Waals surface area contributed by atoms with Gasteiger partial charge in [0.05, 0.1) is 25.2 Å². The molecule has 14 heteroatoms. The van der Waals surface area contributed by atoms with Gasteiger partial charge in [-0.3, -0.25) is 14.2 Å². The third kappa shape index (κ3) is 6.57. The highest BCUT2D eigenvalue weighted by Crippen LogP contribution is 2.40. The molecule has 2 fully saturated rings. The predicted molar refractivity (Wildman–Crippen MR) is 159 cm³/mol. The van der Waals surface area contributed by atoms with Crippen molar-refractivity contribution in [3.05, 3.63) is 75.8 Å². The maximum absolute atomic E-state index is 15.6. The van der Waals surface area contributed by atoms with Gasteiger partial charge in [0, 0.05) is 37.4 Å². The van der Waals surface area contributed by atoms with Crippen molar-refractivity contribution in [2.24, 2.45) is 5.92 Å². The summed E-state index contributed by atoms with van der Waals surface area (Å²) in [7, 11) is 1.43. The number of carbonyl (C=O) groups excluding carboxylic acids is 1. The number of halogens is 4. The van der Waals surface area contributed by atoms with Gasteiger partial charge in [0.15, 0.2) is 5.69 Å². The number of carbonyl (C=O) groups is 1. The molecular weight excluding hydrogens is 607 g/mol. The number of hydrogen-bond acceptors (Lipinski definition) is 8. The molecule has 2 aliphatic rings. The van der Waals surface area contributed by atoms with Gasteiger partial charge in [-0.2, -0.15) is 0 Å². The third-order valence-electron chi connectivity index (χ3n) is 8.01. The molecule has 3 heterocycles. The lowest BCUT2D eigenvalue weighted by molar-refractivity contribution is -0.223. The zero-order chi connectivity index (χ0) is 30.1. The van der Waals surface area contributed by atoms with Gasteiger partial charge in [-0.05, 0) is 30.7 Å². The molecule has 10 nitrogen and oxygen atoms in total. The summed E-state index contributed by atoms with van der Waals surface area (Å²) < 4.78 is 42.7. The fraction of sp³-hybridized carbons (Fsp3) is 0.414. The van der Waals surface area contributed by atoms with Crippen molar-refractivity contribution in [1.82, 2.24) is 19.8 Å². The molecule has 43 heavy (non-hydrogen) atoms. The Morgan fingerprint density at radius 3 is 2.70 bits per heavy atom. The minimum atomic E-state index is -3.71. The normalized spacial score (nSPS) is 23.2. The summed E-state index contributed by atoms with van der Waals surface area (Å²) in [5.74, 6) is -4.37. The van der Waals surface area contributed by atoms with Crippen LogP contribution in [0.2, 0.25) is 5.02 Å². The summed E-state index contributed by atoms with van der Waals surface area (Å²) in [6.45, 7) is -0.653. The molecule has 0 saturated carbocycles. The van der Waals surface area contributed by atoms with E-state index in [0.717, 1.165) is 21.4 Å². The highest BCUT2D eigenvalue weighted by molar-refractivity contribution is 6.32. The van der Waals surface area contributed by atoms with E-state index >= 15 is 8.78 Å². The van der Waals surface area contributed by atoms with Crippen LogP contribution in [-0.4, -0.2) is 70.3 Å². The molecule has 1 aromatic heterocycles. The van der Waals surface area contributed by atoms with Crippen molar-refractivity contribution in [1.29, 1.82) is 0 Å². The lowest BCUT2D eigenvalue weighted by Gasteiger charge is -2.46. The number of nitrogen functional groups attached to an aromatic ring is 1. The first-order valence-electron chi connectivity index (χ1n) is 13.5. The molecule has 3 aromatic rings. The zero-order valence-electron chi connectivity index (χ0n) is 23.3. The average molecular weight is 641 g/mol. The van der Waals surface area contributed by atoms with E-state index in [-0.39, 0.29) is 42.4 Å². The number of piperidine rings is 2. The third-order valence-corrected chi connectivity index (χ3v) is 8.32. The number of aliphatic hydroxyl groups is 1. The summed E-state index contributed by atoms with van der Waals surface area (Å²) >= 11 is 6.02. The van der Waals surface area contributed by atoms with Gasteiger partial charge in [0.2, 0.25) is 11.8 Å². The average Bonchev–Trinajstić information content (AvgIpc) is 2.99. The summed E-state index contributed by atoms with van der Waals surface area (Å²) in [6, 6.07) is 14.0. The second-order valence-electron chi connectivity index (χ2n) is 10.7. The second kappa shape index (κ2) is 13.0. The molecule has 4 N–H and O–H groups in total. The molecule has 5 rings (SSSR count). The van der Waals surface area contributed by atoms with Crippen LogP contribution in [0.4, 0.5) is 14.5 Å². The van der Waals surface area contributed by atoms with Crippen molar-refractivity contribution in [2.45, 2.75) is 36.8 Å². The van der Waals surface area contributed by atoms with Gasteiger partial charge in [-0.15, -0.1) is 12.4 Å². The lowest BCUT2D eigenvalue weighted by Crippen LogP contribution is -2.64. The quantitative estimate of drug-likeness (QED) is 0.357. The van der Waals surface area contributed by atoms with E-state index in [4.69, 9.17) is 26.8 Å². The van der Waals surface area contributed by atoms with Gasteiger partial charge in [-0.1, -0.05) is 41.9 Å². The SMILES string of the molecule is COc1cc(Oc2ncn(C[C@@]3(O)CCN(C(=O)[C@@H]4CCNC[C@H]4c4ccccc4)CC3(F)F)c(=O)c2N)ccc1Cl.Cl. The Bertz CT molecular complexity index is 1510. The molecule has 1 amide bonds. The lowest BCUT2D eigenvalue weighted by atomic mass is 9.79. The number of aromatic nitrogens is 2. The van der Waals surface area contributed by atoms with Crippen molar-refractivity contribution < 1.29 is 28.2 Å². The van der Waals surface area contributed by atoms with Gasteiger partial charge in [0.1, 0.15) is 23.4 Å². The predicted octanol–water partition coefficient (Wildman–Crippen LogP) is 3.69. The molecule has 0 spiro atoms. The standard InChI is InChI=1S/C29H32ClF2N5O5.ClH/c1-41-23-13-19(7-8-22(23)30)42-25-24(33)27(39)37(17-35-25)15-28(40)10-12-36(16-29(28,31)32)26(38)20-9-11-34-14-21(20)18-5-3-2-4-6-18;/h2-8,13,17,20-21,34,40H,9-12,14-16,33H2,1H3;1H/t20-,21+,28+;/m1./s1. The molecule has 3 atom stereocenters. The Balaban J connectivity index is 0.00000423. The van der Waals surface area contributed by atoms with Crippen LogP contribution in [0.1, 0.15) is 24.3 Å². The Morgan fingerprint density at radius 1 is 1.26 bits per heavy atom. The Morgan fingerprint density at radius 2 is 2.00 bits per heavy atom. The van der Waals surface area contributed by atoms with Gasteiger partial charge >= 0.3 is 0 Å². The summed E-state index contributed by atoms with van der Waals surface area (Å²) in [6.07, 6.45) is 1.07. The van der Waals surface area contributed by atoms with Crippen LogP contribution in [0.15, 0.2) is 59.7 Å². The number of nitrogens with one attached hydrogen (secondary N) is 1. The zero-order valence-corrected chi connectivity index (χ0v) is 24.9. The van der Waals surface area contributed by atoms with E-state index in [9.17, 15) is 14.7 Å². The van der Waals surface area contributed by atoms with E-state index in [1.807, 2.05) is 30.3 Å². The topological polar surface area (TPSA) is 132 Å². The van der Waals surface area contributed by atoms with Gasteiger partial charge in [0.25, 0.3) is 11.5 Å². The van der Waals surface area contributed by atoms with E-state index in [2.05, 4.69) is 10.3 Å². The molecule has 0 aliphatic carbocycles. The van der Waals surface area contributed by atoms with Crippen LogP contribution in [-0.2, 0) is 11.3 Å². The van der Waals surface area contributed by atoms with E-state index in [0.29, 0.717) is 30.3 Å². The highest BCUT2D eigenvalue weighted by atomic mass is 35.5. The Hall–Kier alpha value is -3.45. The molecular formula is C29H33Cl2F2N5O5. The fourth-order valence-corrected chi connectivity index (χ4v) is 5.77. The van der Waals surface area contributed by atoms with Crippen LogP contribution in [0.25, 0.3) is 0 Å². The number of nitrogens with two attached hydrogens (primary N) is 1. The maximum Gasteiger partial charge on any atom is 0.295 e. The van der Waals surface area contributed by atoms with Crippen LogP contribution in [0.5, 0.6) is 17.4 Å². The monoisotopic (exact) mass is 639 g/mol. The number of anilines is 1. The van der Waals surface area contributed by atoms with Crippen molar-refractivity contribution in [2.75, 3.05) is 39.0 Å². The number of hydrogen-bond donors (Lipinski definition) is 3. The van der Waals surface area contributed by atoms with Crippen molar-refractivity contribution >= 4 is 35.6 Å². The van der Waals surface area contributed by atoms with E-state index in [1.165, 1.54) is 25.3 Å². The first kappa shape index (κ1) is 32.5. The summed E-state index contributed by atoms with van der Waals surface area (Å²) in [4.78, 5) is 31.6. The van der Waals surface area contributed by atoms with E-state index < -0.39 is 48.2 Å². The number of nitrogens with zero attached hydrogens (tertiary/aromatic N) is 3. The number of likely N-dealkylation sites (tertiary alicyclic amines) is 1. The minimum absolute atomic E-state index is 0. The van der Waals surface area contributed by atoms with E-state index in [1.54, 1.807) is 0 Å². The number of amides is 1. The Kier molecular flexibility index (Phi) is 9.85. The number of alkyl halides is 2. The van der Waals surface area contributed by atoms with Crippen LogP contribution >= 0.6 is 24.0 Å². The maximum atomic E-state index is 15.6. The smallest absolute Gasteiger partial charge is 0.295 e. The molecule has 0 radical (unpaired) electrons. The van der Waals surface area contributed by atoms with Crippen LogP contribution in [0.3, 0.4) is 0 Å². The number of rotatable bonds is 7. The largest absolute Gasteiger partial charge is 0.495 e. The number of benzene rings is 2. The molecule has 0 bridgehead atoms. The van der Waals surface area contributed by atoms with Crippen LogP contribution < -0.4 is 26.1 Å². The minimum Gasteiger partial charge on any atom is -0.495 e. The number of methoxy groups -OCH3 is 1. The van der Waals surface area contributed by atoms with Crippen LogP contribution in [0, 0.1) is 5.92 Å². The summed E-state index contributed by atoms with van der Waals surface area (Å²) in [5.41, 5.74) is 3.02. The first-order chi connectivity index (χ1) is 20.0. The number of ether oxygens (including phenoxy) is 2. The first-order valence-corrected chi connectivity index (χ1v) is 13.9. The van der Waals surface area contributed by atoms with Crippen molar-refractivity contribution in [3.8, 4) is 17.4 Å². The van der Waals surface area contributed by atoms with Gasteiger partial charge in [-0.25, -0.2) is 13.8 Å². The molecule has 0 unspecified atom stereocenters. The fourth-order valence-electron chi connectivity index (χ4n) is 5.57. The molecule has 2 aliphatic heterocycles. The summed E-state index contributed by atoms with van der Waals surface area (Å²) in [5, 5.41) is 14.7. The highest BCUT2D eigenvalue weighted by Gasteiger charge is 2.57. The second-order valence-corrected chi connectivity index (χ2v) is 11.1. The molecule has 2 saturated heterocycles. The Labute approximate surface area is 258 Å². The molecule has 232 valence electrons. The van der Waals surface area contributed by atoms with Gasteiger partial charge < -0.3 is 30.5 Å². The molecule has 2 aromatic carbocycles. The van der Waals surface area contributed by atoms with Crippen molar-refractivity contribution in [3.63, 3.8) is 0 Å².